The Morgan fingerprint density at radius 2 is 2.10 bits per heavy atom. The number of halogens is 2. The molecule has 0 aromatic heterocycles. The minimum absolute atomic E-state index is 0.214. The number of hydrogen-bond donors (Lipinski definition) is 1. The van der Waals surface area contributed by atoms with Gasteiger partial charge in [-0.25, -0.2) is 4.39 Å². The second kappa shape index (κ2) is 9.64. The molecule has 0 amide bonds. The maximum absolute atomic E-state index is 14.0. The predicted molar refractivity (Wildman–Crippen MR) is 89.4 cm³/mol. The van der Waals surface area contributed by atoms with Gasteiger partial charge in [-0.15, -0.1) is 0 Å². The standard InChI is InChI=1S/C16H25ClFNS/c1-4-9-19-14(11-20-12(3)5-2)10-13-7-6-8-15(17)16(13)18/h6-8,12,14,19H,4-5,9-11H2,1-3H3. The van der Waals surface area contributed by atoms with Crippen LogP contribution in [0.2, 0.25) is 5.02 Å². The molecule has 1 aromatic carbocycles. The van der Waals surface area contributed by atoms with Gasteiger partial charge in [0.1, 0.15) is 5.82 Å². The molecule has 4 heteroatoms. The van der Waals surface area contributed by atoms with E-state index in [1.54, 1.807) is 6.07 Å². The summed E-state index contributed by atoms with van der Waals surface area (Å²) in [5.41, 5.74) is 0.704. The van der Waals surface area contributed by atoms with Crippen molar-refractivity contribution in [2.24, 2.45) is 0 Å². The summed E-state index contributed by atoms with van der Waals surface area (Å²) >= 11 is 7.80. The Balaban J connectivity index is 2.65. The van der Waals surface area contributed by atoms with Crippen LogP contribution in [0.5, 0.6) is 0 Å². The number of nitrogens with one attached hydrogen (secondary N) is 1. The summed E-state index contributed by atoms with van der Waals surface area (Å²) in [7, 11) is 0. The molecule has 1 aromatic rings. The van der Waals surface area contributed by atoms with Gasteiger partial charge in [-0.1, -0.05) is 44.5 Å². The van der Waals surface area contributed by atoms with Crippen LogP contribution >= 0.6 is 23.4 Å². The molecule has 20 heavy (non-hydrogen) atoms. The Kier molecular flexibility index (Phi) is 8.58. The zero-order valence-electron chi connectivity index (χ0n) is 12.6. The van der Waals surface area contributed by atoms with E-state index in [1.165, 1.54) is 0 Å². The van der Waals surface area contributed by atoms with E-state index in [2.05, 4.69) is 26.1 Å². The third-order valence-corrected chi connectivity index (χ3v) is 5.13. The quantitative estimate of drug-likeness (QED) is 0.693. The average Bonchev–Trinajstić information content (AvgIpc) is 2.45. The van der Waals surface area contributed by atoms with Gasteiger partial charge in [0.2, 0.25) is 0 Å². The monoisotopic (exact) mass is 317 g/mol. The van der Waals surface area contributed by atoms with Crippen molar-refractivity contribution < 1.29 is 4.39 Å². The maximum Gasteiger partial charge on any atom is 0.145 e. The lowest BCUT2D eigenvalue weighted by Crippen LogP contribution is -2.34. The molecule has 0 heterocycles. The SMILES string of the molecule is CCCNC(CSC(C)CC)Cc1cccc(Cl)c1F. The van der Waals surface area contributed by atoms with Gasteiger partial charge in [0.15, 0.2) is 0 Å². The number of thioether (sulfide) groups is 1. The van der Waals surface area contributed by atoms with Crippen molar-refractivity contribution in [3.05, 3.63) is 34.6 Å². The number of rotatable bonds is 9. The summed E-state index contributed by atoms with van der Waals surface area (Å²) in [5.74, 6) is 0.729. The number of benzene rings is 1. The lowest BCUT2D eigenvalue weighted by molar-refractivity contribution is 0.530. The van der Waals surface area contributed by atoms with Crippen molar-refractivity contribution in [1.29, 1.82) is 0 Å². The lowest BCUT2D eigenvalue weighted by atomic mass is 10.1. The molecule has 0 aliphatic carbocycles. The summed E-state index contributed by atoms with van der Waals surface area (Å²) in [6.45, 7) is 7.55. The third-order valence-electron chi connectivity index (χ3n) is 3.34. The molecule has 0 spiro atoms. The normalized spacial score (nSPS) is 14.2. The second-order valence-electron chi connectivity index (χ2n) is 5.12. The van der Waals surface area contributed by atoms with Gasteiger partial charge in [0, 0.05) is 17.0 Å². The first kappa shape index (κ1) is 17.8. The fourth-order valence-corrected chi connectivity index (χ4v) is 3.13. The summed E-state index contributed by atoms with van der Waals surface area (Å²) in [4.78, 5) is 0. The van der Waals surface area contributed by atoms with Crippen LogP contribution < -0.4 is 5.32 Å². The van der Waals surface area contributed by atoms with Crippen molar-refractivity contribution in [1.82, 2.24) is 5.32 Å². The van der Waals surface area contributed by atoms with E-state index in [0.717, 1.165) is 25.1 Å². The maximum atomic E-state index is 14.0. The topological polar surface area (TPSA) is 12.0 Å². The first-order valence-electron chi connectivity index (χ1n) is 7.36. The Labute approximate surface area is 131 Å². The molecule has 0 fully saturated rings. The van der Waals surface area contributed by atoms with Gasteiger partial charge in [-0.2, -0.15) is 11.8 Å². The Morgan fingerprint density at radius 3 is 2.75 bits per heavy atom. The van der Waals surface area contributed by atoms with Crippen LogP contribution in [-0.2, 0) is 6.42 Å². The fraction of sp³-hybridized carbons (Fsp3) is 0.625. The first-order valence-corrected chi connectivity index (χ1v) is 8.79. The Morgan fingerprint density at radius 1 is 1.35 bits per heavy atom. The van der Waals surface area contributed by atoms with E-state index in [1.807, 2.05) is 23.9 Å². The summed E-state index contributed by atoms with van der Waals surface area (Å²) in [6, 6.07) is 5.54. The van der Waals surface area contributed by atoms with Crippen LogP contribution in [-0.4, -0.2) is 23.6 Å². The first-order chi connectivity index (χ1) is 9.58. The molecular weight excluding hydrogens is 293 g/mol. The Hall–Kier alpha value is -0.250. The molecule has 2 atom stereocenters. The van der Waals surface area contributed by atoms with E-state index in [9.17, 15) is 4.39 Å². The van der Waals surface area contributed by atoms with Crippen LogP contribution in [0.15, 0.2) is 18.2 Å². The molecule has 1 N–H and O–H groups in total. The van der Waals surface area contributed by atoms with Crippen molar-refractivity contribution in [3.8, 4) is 0 Å². The van der Waals surface area contributed by atoms with Crippen LogP contribution in [0.3, 0.4) is 0 Å². The van der Waals surface area contributed by atoms with Crippen molar-refractivity contribution in [2.45, 2.75) is 51.3 Å². The molecule has 0 radical (unpaired) electrons. The van der Waals surface area contributed by atoms with E-state index in [0.29, 0.717) is 23.3 Å². The van der Waals surface area contributed by atoms with Gasteiger partial charge in [-0.3, -0.25) is 0 Å². The van der Waals surface area contributed by atoms with E-state index < -0.39 is 0 Å². The minimum Gasteiger partial charge on any atom is -0.313 e. The smallest absolute Gasteiger partial charge is 0.145 e. The third kappa shape index (κ3) is 6.02. The predicted octanol–water partition coefficient (Wildman–Crippen LogP) is 4.92. The minimum atomic E-state index is -0.272. The van der Waals surface area contributed by atoms with Crippen LogP contribution in [0.4, 0.5) is 4.39 Å². The molecule has 0 aliphatic heterocycles. The Bertz CT molecular complexity index is 400. The van der Waals surface area contributed by atoms with Crippen LogP contribution in [0.25, 0.3) is 0 Å². The fourth-order valence-electron chi connectivity index (χ4n) is 1.91. The van der Waals surface area contributed by atoms with Crippen molar-refractivity contribution in [3.63, 3.8) is 0 Å². The lowest BCUT2D eigenvalue weighted by Gasteiger charge is -2.20. The molecular formula is C16H25ClFNS. The number of hydrogen-bond acceptors (Lipinski definition) is 2. The molecule has 2 unspecified atom stereocenters. The second-order valence-corrected chi connectivity index (χ2v) is 7.00. The molecule has 1 rings (SSSR count). The van der Waals surface area contributed by atoms with Crippen molar-refractivity contribution in [2.75, 3.05) is 12.3 Å². The van der Waals surface area contributed by atoms with Crippen molar-refractivity contribution >= 4 is 23.4 Å². The molecule has 114 valence electrons. The molecule has 0 bridgehead atoms. The molecule has 0 saturated carbocycles. The molecule has 0 saturated heterocycles. The van der Waals surface area contributed by atoms with E-state index >= 15 is 0 Å². The van der Waals surface area contributed by atoms with E-state index in [-0.39, 0.29) is 10.8 Å². The zero-order valence-corrected chi connectivity index (χ0v) is 14.2. The highest BCUT2D eigenvalue weighted by atomic mass is 35.5. The van der Waals surface area contributed by atoms with Gasteiger partial charge in [0.25, 0.3) is 0 Å². The summed E-state index contributed by atoms with van der Waals surface area (Å²) in [5, 5.41) is 4.37. The van der Waals surface area contributed by atoms with Gasteiger partial charge < -0.3 is 5.32 Å². The highest BCUT2D eigenvalue weighted by Crippen LogP contribution is 2.21. The highest BCUT2D eigenvalue weighted by molar-refractivity contribution is 7.99. The van der Waals surface area contributed by atoms with Crippen LogP contribution in [0.1, 0.15) is 39.2 Å². The largest absolute Gasteiger partial charge is 0.313 e. The highest BCUT2D eigenvalue weighted by Gasteiger charge is 2.14. The average molecular weight is 318 g/mol. The van der Waals surface area contributed by atoms with E-state index in [4.69, 9.17) is 11.6 Å². The van der Waals surface area contributed by atoms with Crippen LogP contribution in [0, 0.1) is 5.82 Å². The van der Waals surface area contributed by atoms with Gasteiger partial charge >= 0.3 is 0 Å². The molecule has 1 nitrogen and oxygen atoms in total. The molecule has 0 aliphatic rings. The summed E-state index contributed by atoms with van der Waals surface area (Å²) < 4.78 is 14.0. The zero-order chi connectivity index (χ0) is 15.0. The van der Waals surface area contributed by atoms with Gasteiger partial charge in [0.05, 0.1) is 5.02 Å². The van der Waals surface area contributed by atoms with Gasteiger partial charge in [-0.05, 0) is 37.4 Å². The summed E-state index contributed by atoms with van der Waals surface area (Å²) in [6.07, 6.45) is 2.94.